The summed E-state index contributed by atoms with van der Waals surface area (Å²) in [7, 11) is 1.58. The Hall–Kier alpha value is -3.70. The number of hydrogen-bond acceptors (Lipinski definition) is 6. The van der Waals surface area contributed by atoms with Crippen molar-refractivity contribution in [1.29, 1.82) is 5.26 Å². The molecule has 2 aromatic rings. The molecule has 8 nitrogen and oxygen atoms in total. The second kappa shape index (κ2) is 6.90. The fraction of sp³-hybridized carbons (Fsp3) is 0.333. The lowest BCUT2D eigenvalue weighted by atomic mass is 9.87. The number of rotatable bonds is 3. The van der Waals surface area contributed by atoms with Gasteiger partial charge in [0, 0.05) is 12.0 Å². The normalized spacial score (nSPS) is 26.3. The molecule has 162 valence electrons. The van der Waals surface area contributed by atoms with Crippen LogP contribution in [0.2, 0.25) is 0 Å². The standard InChI is InChI=1S/C24H22N4O4/c1-24(2)12-18(29)27-21-19(20(28(24)27)15-6-10-17(32-3)11-7-15)22(30)26(23(21)31)16-8-4-14(13-25)5-9-16/h4-11,19-21H,12H2,1-3H3/t19-,20+,21+/m0/s1. The number of amides is 3. The minimum atomic E-state index is -0.889. The van der Waals surface area contributed by atoms with E-state index in [1.807, 2.05) is 49.2 Å². The topological polar surface area (TPSA) is 94.0 Å². The van der Waals surface area contributed by atoms with Crippen molar-refractivity contribution in [3.05, 3.63) is 59.7 Å². The number of ether oxygens (including phenoxy) is 1. The molecule has 3 atom stereocenters. The van der Waals surface area contributed by atoms with E-state index in [2.05, 4.69) is 0 Å². The number of fused-ring (bicyclic) bond motifs is 3. The van der Waals surface area contributed by atoms with Crippen molar-refractivity contribution in [3.63, 3.8) is 0 Å². The van der Waals surface area contributed by atoms with E-state index in [1.54, 1.807) is 31.4 Å². The average molecular weight is 430 g/mol. The van der Waals surface area contributed by atoms with Crippen LogP contribution in [0, 0.1) is 17.2 Å². The Labute approximate surface area is 185 Å². The Morgan fingerprint density at radius 3 is 2.22 bits per heavy atom. The highest BCUT2D eigenvalue weighted by atomic mass is 16.5. The van der Waals surface area contributed by atoms with E-state index in [0.29, 0.717) is 17.0 Å². The van der Waals surface area contributed by atoms with Gasteiger partial charge >= 0.3 is 0 Å². The molecule has 0 bridgehead atoms. The van der Waals surface area contributed by atoms with Crippen LogP contribution in [-0.2, 0) is 14.4 Å². The van der Waals surface area contributed by atoms with Gasteiger partial charge in [-0.1, -0.05) is 12.1 Å². The summed E-state index contributed by atoms with van der Waals surface area (Å²) in [4.78, 5) is 41.4. The van der Waals surface area contributed by atoms with Crippen LogP contribution >= 0.6 is 0 Å². The average Bonchev–Trinajstić information content (AvgIpc) is 3.35. The SMILES string of the molecule is COc1ccc([C@@H]2[C@@H]3C(=O)N(c4ccc(C#N)cc4)C(=O)[C@@H]3N3C(=O)CC(C)(C)N23)cc1. The van der Waals surface area contributed by atoms with Gasteiger partial charge in [-0.15, -0.1) is 0 Å². The Morgan fingerprint density at radius 1 is 0.969 bits per heavy atom. The van der Waals surface area contributed by atoms with E-state index >= 15 is 0 Å². The number of anilines is 1. The van der Waals surface area contributed by atoms with Crippen molar-refractivity contribution in [1.82, 2.24) is 10.0 Å². The zero-order chi connectivity index (χ0) is 22.8. The van der Waals surface area contributed by atoms with E-state index in [0.717, 1.165) is 10.5 Å². The lowest BCUT2D eigenvalue weighted by Crippen LogP contribution is -2.49. The van der Waals surface area contributed by atoms with Gasteiger partial charge in [0.05, 0.1) is 36.4 Å². The van der Waals surface area contributed by atoms with Crippen LogP contribution < -0.4 is 9.64 Å². The molecule has 0 saturated carbocycles. The Morgan fingerprint density at radius 2 is 1.62 bits per heavy atom. The number of hydrazine groups is 1. The van der Waals surface area contributed by atoms with Crippen LogP contribution in [-0.4, -0.2) is 46.4 Å². The molecule has 3 aliphatic heterocycles. The van der Waals surface area contributed by atoms with Crippen molar-refractivity contribution < 1.29 is 19.1 Å². The van der Waals surface area contributed by atoms with Gasteiger partial charge in [0.2, 0.25) is 11.8 Å². The van der Waals surface area contributed by atoms with Crippen LogP contribution in [0.1, 0.15) is 37.4 Å². The van der Waals surface area contributed by atoms with Gasteiger partial charge in [0.1, 0.15) is 11.8 Å². The molecule has 3 saturated heterocycles. The summed E-state index contributed by atoms with van der Waals surface area (Å²) < 4.78 is 5.26. The summed E-state index contributed by atoms with van der Waals surface area (Å²) in [6.45, 7) is 3.91. The fourth-order valence-corrected chi connectivity index (χ4v) is 5.23. The maximum Gasteiger partial charge on any atom is 0.259 e. The molecule has 0 spiro atoms. The highest BCUT2D eigenvalue weighted by molar-refractivity contribution is 6.24. The predicted molar refractivity (Wildman–Crippen MR) is 114 cm³/mol. The third-order valence-corrected chi connectivity index (χ3v) is 6.59. The fourth-order valence-electron chi connectivity index (χ4n) is 5.23. The van der Waals surface area contributed by atoms with Crippen LogP contribution in [0.25, 0.3) is 0 Å². The van der Waals surface area contributed by atoms with Crippen LogP contribution in [0.15, 0.2) is 48.5 Å². The molecule has 8 heteroatoms. The zero-order valence-corrected chi connectivity index (χ0v) is 18.0. The zero-order valence-electron chi connectivity index (χ0n) is 18.0. The van der Waals surface area contributed by atoms with Gasteiger partial charge in [0.15, 0.2) is 0 Å². The summed E-state index contributed by atoms with van der Waals surface area (Å²) in [5.74, 6) is -0.968. The van der Waals surface area contributed by atoms with E-state index in [-0.39, 0.29) is 18.2 Å². The quantitative estimate of drug-likeness (QED) is 0.694. The third kappa shape index (κ3) is 2.68. The number of nitriles is 1. The smallest absolute Gasteiger partial charge is 0.259 e. The first-order valence-corrected chi connectivity index (χ1v) is 10.4. The number of carbonyl (C=O) groups is 3. The van der Waals surface area contributed by atoms with Gasteiger partial charge < -0.3 is 4.74 Å². The summed E-state index contributed by atoms with van der Waals surface area (Å²) in [5, 5.41) is 12.5. The molecular weight excluding hydrogens is 408 g/mol. The van der Waals surface area contributed by atoms with E-state index in [4.69, 9.17) is 10.00 Å². The first kappa shape index (κ1) is 20.2. The van der Waals surface area contributed by atoms with Crippen molar-refractivity contribution in [2.24, 2.45) is 5.92 Å². The summed E-state index contributed by atoms with van der Waals surface area (Å²) in [6, 6.07) is 14.4. The van der Waals surface area contributed by atoms with Gasteiger partial charge in [-0.25, -0.2) is 9.91 Å². The van der Waals surface area contributed by atoms with Gasteiger partial charge in [0.25, 0.3) is 5.91 Å². The maximum atomic E-state index is 13.7. The van der Waals surface area contributed by atoms with E-state index < -0.39 is 29.4 Å². The number of benzene rings is 2. The van der Waals surface area contributed by atoms with Gasteiger partial charge in [-0.3, -0.25) is 19.4 Å². The third-order valence-electron chi connectivity index (χ3n) is 6.59. The van der Waals surface area contributed by atoms with E-state index in [9.17, 15) is 14.4 Å². The second-order valence-electron chi connectivity index (χ2n) is 8.93. The first-order chi connectivity index (χ1) is 15.3. The number of hydrogen-bond donors (Lipinski definition) is 0. The van der Waals surface area contributed by atoms with Gasteiger partial charge in [-0.05, 0) is 55.8 Å². The lowest BCUT2D eigenvalue weighted by molar-refractivity contribution is -0.146. The minimum Gasteiger partial charge on any atom is -0.497 e. The molecule has 0 aliphatic carbocycles. The highest BCUT2D eigenvalue weighted by Gasteiger charge is 2.68. The Kier molecular flexibility index (Phi) is 4.36. The van der Waals surface area contributed by atoms with Crippen molar-refractivity contribution in [2.75, 3.05) is 12.0 Å². The largest absolute Gasteiger partial charge is 0.497 e. The second-order valence-corrected chi connectivity index (χ2v) is 8.93. The molecule has 3 heterocycles. The lowest BCUT2D eigenvalue weighted by Gasteiger charge is -2.38. The minimum absolute atomic E-state index is 0.163. The molecule has 2 aromatic carbocycles. The highest BCUT2D eigenvalue weighted by Crippen LogP contribution is 2.53. The molecule has 5 rings (SSSR count). The van der Waals surface area contributed by atoms with E-state index in [1.165, 1.54) is 5.01 Å². The maximum absolute atomic E-state index is 13.7. The number of methoxy groups -OCH3 is 1. The number of nitrogens with zero attached hydrogens (tertiary/aromatic N) is 4. The van der Waals surface area contributed by atoms with Crippen molar-refractivity contribution in [3.8, 4) is 11.8 Å². The number of imide groups is 1. The van der Waals surface area contributed by atoms with Crippen LogP contribution in [0.5, 0.6) is 5.75 Å². The molecule has 3 fully saturated rings. The van der Waals surface area contributed by atoms with Crippen LogP contribution in [0.4, 0.5) is 5.69 Å². The predicted octanol–water partition coefficient (Wildman–Crippen LogP) is 2.41. The first-order valence-electron chi connectivity index (χ1n) is 10.4. The van der Waals surface area contributed by atoms with Gasteiger partial charge in [-0.2, -0.15) is 5.26 Å². The Balaban J connectivity index is 1.62. The molecule has 0 radical (unpaired) electrons. The molecule has 0 aromatic heterocycles. The van der Waals surface area contributed by atoms with Crippen molar-refractivity contribution in [2.45, 2.75) is 37.9 Å². The molecule has 3 aliphatic rings. The molecule has 0 unspecified atom stereocenters. The monoisotopic (exact) mass is 430 g/mol. The molecular formula is C24H22N4O4. The Bertz CT molecular complexity index is 1170. The van der Waals surface area contributed by atoms with Crippen LogP contribution in [0.3, 0.4) is 0 Å². The number of carbonyl (C=O) groups excluding carboxylic acids is 3. The summed E-state index contributed by atoms with van der Waals surface area (Å²) in [5.41, 5.74) is 1.14. The molecule has 32 heavy (non-hydrogen) atoms. The molecule has 0 N–H and O–H groups in total. The molecule has 3 amide bonds. The summed E-state index contributed by atoms with van der Waals surface area (Å²) >= 11 is 0. The summed E-state index contributed by atoms with van der Waals surface area (Å²) in [6.07, 6.45) is 0.265. The van der Waals surface area contributed by atoms with Crippen molar-refractivity contribution >= 4 is 23.4 Å².